The van der Waals surface area contributed by atoms with Crippen LogP contribution >= 0.6 is 0 Å². The van der Waals surface area contributed by atoms with E-state index in [0.29, 0.717) is 5.69 Å². The fraction of sp³-hybridized carbons (Fsp3) is 0.214. The van der Waals surface area contributed by atoms with E-state index in [1.165, 1.54) is 18.2 Å². The van der Waals surface area contributed by atoms with Gasteiger partial charge < -0.3 is 10.5 Å². The molecule has 1 aromatic carbocycles. The van der Waals surface area contributed by atoms with Gasteiger partial charge in [-0.15, -0.1) is 0 Å². The zero-order chi connectivity index (χ0) is 17.9. The van der Waals surface area contributed by atoms with Crippen LogP contribution in [-0.4, -0.2) is 20.8 Å². The minimum atomic E-state index is -0.803. The monoisotopic (exact) mass is 332 g/mol. The van der Waals surface area contributed by atoms with Crippen LogP contribution in [0.5, 0.6) is 5.75 Å². The quantitative estimate of drug-likeness (QED) is 0.316. The molecule has 2 rings (SSSR count). The summed E-state index contributed by atoms with van der Waals surface area (Å²) in [6.45, 7) is 3.16. The van der Waals surface area contributed by atoms with E-state index in [-0.39, 0.29) is 28.6 Å². The molecular weight excluding hydrogens is 316 g/mol. The number of hydrogen-bond donors (Lipinski definition) is 3. The number of nitrogens with two attached hydrogens (primary N) is 2. The largest absolute Gasteiger partial charge is 0.477 e. The van der Waals surface area contributed by atoms with Gasteiger partial charge in [0.15, 0.2) is 5.75 Å². The number of benzene rings is 1. The minimum absolute atomic E-state index is 0.0453. The fourth-order valence-electron chi connectivity index (χ4n) is 2.22. The van der Waals surface area contributed by atoms with E-state index in [1.807, 2.05) is 5.43 Å². The molecule has 1 atom stereocenters. The molecule has 0 aliphatic heterocycles. The lowest BCUT2D eigenvalue weighted by molar-refractivity contribution is -0.386. The van der Waals surface area contributed by atoms with Gasteiger partial charge in [-0.2, -0.15) is 0 Å². The molecule has 10 nitrogen and oxygen atoms in total. The lowest BCUT2D eigenvalue weighted by Gasteiger charge is -2.18. The van der Waals surface area contributed by atoms with Crippen molar-refractivity contribution in [1.82, 2.24) is 15.4 Å². The Hall–Kier alpha value is -3.27. The van der Waals surface area contributed by atoms with Crippen LogP contribution in [0.1, 0.15) is 34.8 Å². The predicted octanol–water partition coefficient (Wildman–Crippen LogP) is 1.02. The molecule has 10 heteroatoms. The highest BCUT2D eigenvalue weighted by molar-refractivity contribution is 5.96. The summed E-state index contributed by atoms with van der Waals surface area (Å²) in [5, 5.41) is 11.1. The van der Waals surface area contributed by atoms with Gasteiger partial charge in [-0.1, -0.05) is 12.1 Å². The van der Waals surface area contributed by atoms with Crippen molar-refractivity contribution in [3.8, 4) is 5.75 Å². The molecule has 1 aromatic heterocycles. The number of ether oxygens (including phenoxy) is 1. The van der Waals surface area contributed by atoms with Gasteiger partial charge in [-0.05, 0) is 19.9 Å². The van der Waals surface area contributed by atoms with E-state index in [1.54, 1.807) is 19.9 Å². The Balaban J connectivity index is 2.46. The number of rotatable bonds is 5. The molecule has 0 spiro atoms. The normalized spacial score (nSPS) is 11.6. The second-order valence-electron chi connectivity index (χ2n) is 4.89. The van der Waals surface area contributed by atoms with Crippen molar-refractivity contribution in [2.75, 3.05) is 5.73 Å². The van der Waals surface area contributed by atoms with Crippen LogP contribution in [0.4, 0.5) is 11.6 Å². The van der Waals surface area contributed by atoms with Crippen molar-refractivity contribution in [3.63, 3.8) is 0 Å². The zero-order valence-electron chi connectivity index (χ0n) is 13.0. The number of hydrogen-bond acceptors (Lipinski definition) is 8. The molecule has 0 radical (unpaired) electrons. The third-order valence-electron chi connectivity index (χ3n) is 3.24. The van der Waals surface area contributed by atoms with Crippen molar-refractivity contribution in [3.05, 3.63) is 51.3 Å². The van der Waals surface area contributed by atoms with Crippen LogP contribution in [-0.2, 0) is 0 Å². The van der Waals surface area contributed by atoms with E-state index >= 15 is 0 Å². The van der Waals surface area contributed by atoms with Crippen molar-refractivity contribution >= 4 is 17.5 Å². The summed E-state index contributed by atoms with van der Waals surface area (Å²) in [6, 6.07) is 5.89. The Kier molecular flexibility index (Phi) is 4.90. The zero-order valence-corrected chi connectivity index (χ0v) is 13.0. The molecule has 24 heavy (non-hydrogen) atoms. The SMILES string of the molecule is Cc1nc(N)nc(C(C)Oc2ccccc2[N+](=O)[O-])c1C(=O)NN. The number of nitrogen functional groups attached to an aromatic ring is 2. The van der Waals surface area contributed by atoms with Crippen LogP contribution in [0.15, 0.2) is 24.3 Å². The number of amides is 1. The van der Waals surface area contributed by atoms with Crippen LogP contribution in [0.25, 0.3) is 0 Å². The number of carbonyl (C=O) groups excluding carboxylic acids is 1. The third-order valence-corrected chi connectivity index (χ3v) is 3.24. The summed E-state index contributed by atoms with van der Waals surface area (Å²) in [4.78, 5) is 30.4. The molecule has 0 aliphatic carbocycles. The second kappa shape index (κ2) is 6.87. The van der Waals surface area contributed by atoms with Gasteiger partial charge in [0.2, 0.25) is 5.95 Å². The van der Waals surface area contributed by atoms with E-state index in [9.17, 15) is 14.9 Å². The van der Waals surface area contributed by atoms with Gasteiger partial charge in [-0.25, -0.2) is 15.8 Å². The number of carbonyl (C=O) groups is 1. The number of aryl methyl sites for hydroxylation is 1. The van der Waals surface area contributed by atoms with E-state index < -0.39 is 16.9 Å². The van der Waals surface area contributed by atoms with Crippen LogP contribution in [0.2, 0.25) is 0 Å². The average Bonchev–Trinajstić information content (AvgIpc) is 2.53. The molecule has 1 amide bonds. The number of anilines is 1. The van der Waals surface area contributed by atoms with Crippen LogP contribution in [0.3, 0.4) is 0 Å². The van der Waals surface area contributed by atoms with Crippen molar-refractivity contribution < 1.29 is 14.5 Å². The average molecular weight is 332 g/mol. The lowest BCUT2D eigenvalue weighted by Crippen LogP contribution is -2.33. The van der Waals surface area contributed by atoms with Gasteiger partial charge in [0.1, 0.15) is 6.10 Å². The first-order chi connectivity index (χ1) is 11.3. The Morgan fingerprint density at radius 2 is 2.04 bits per heavy atom. The summed E-state index contributed by atoms with van der Waals surface area (Å²) in [5.41, 5.74) is 8.04. The minimum Gasteiger partial charge on any atom is -0.477 e. The molecule has 2 aromatic rings. The Morgan fingerprint density at radius 3 is 2.67 bits per heavy atom. The maximum Gasteiger partial charge on any atom is 0.310 e. The number of nitro benzene ring substituents is 1. The molecule has 5 N–H and O–H groups in total. The Labute approximate surface area is 137 Å². The smallest absolute Gasteiger partial charge is 0.310 e. The summed E-state index contributed by atoms with van der Waals surface area (Å²) in [7, 11) is 0. The molecular formula is C14H16N6O4. The number of nitrogens with zero attached hydrogens (tertiary/aromatic N) is 3. The maximum absolute atomic E-state index is 12.0. The topological polar surface area (TPSA) is 159 Å². The molecule has 1 unspecified atom stereocenters. The maximum atomic E-state index is 12.0. The van der Waals surface area contributed by atoms with Crippen molar-refractivity contribution in [2.45, 2.75) is 20.0 Å². The molecule has 0 saturated carbocycles. The fourth-order valence-corrected chi connectivity index (χ4v) is 2.22. The summed E-state index contributed by atoms with van der Waals surface area (Å²) >= 11 is 0. The first-order valence-corrected chi connectivity index (χ1v) is 6.90. The number of hydrazine groups is 1. The highest BCUT2D eigenvalue weighted by atomic mass is 16.6. The number of nitrogens with one attached hydrogen (secondary N) is 1. The number of nitro groups is 1. The van der Waals surface area contributed by atoms with Gasteiger partial charge in [-0.3, -0.25) is 20.3 Å². The highest BCUT2D eigenvalue weighted by Gasteiger charge is 2.25. The number of aromatic nitrogens is 2. The summed E-state index contributed by atoms with van der Waals surface area (Å²) in [6.07, 6.45) is -0.803. The van der Waals surface area contributed by atoms with Crippen molar-refractivity contribution in [2.24, 2.45) is 5.84 Å². The highest BCUT2D eigenvalue weighted by Crippen LogP contribution is 2.31. The third kappa shape index (κ3) is 3.38. The molecule has 0 bridgehead atoms. The molecule has 126 valence electrons. The Bertz CT molecular complexity index is 795. The van der Waals surface area contributed by atoms with Gasteiger partial charge >= 0.3 is 5.69 Å². The van der Waals surface area contributed by atoms with Crippen molar-refractivity contribution in [1.29, 1.82) is 0 Å². The lowest BCUT2D eigenvalue weighted by atomic mass is 10.1. The van der Waals surface area contributed by atoms with Gasteiger partial charge in [0.25, 0.3) is 5.91 Å². The Morgan fingerprint density at radius 1 is 1.38 bits per heavy atom. The number of para-hydroxylation sites is 2. The molecule has 0 saturated heterocycles. The summed E-state index contributed by atoms with van der Waals surface area (Å²) < 4.78 is 5.63. The first-order valence-electron chi connectivity index (χ1n) is 6.90. The molecule has 0 aliphatic rings. The second-order valence-corrected chi connectivity index (χ2v) is 4.89. The van der Waals surface area contributed by atoms with Gasteiger partial charge in [0.05, 0.1) is 21.9 Å². The first kappa shape index (κ1) is 17.1. The predicted molar refractivity (Wildman–Crippen MR) is 85.0 cm³/mol. The van der Waals surface area contributed by atoms with Gasteiger partial charge in [0, 0.05) is 6.07 Å². The van der Waals surface area contributed by atoms with E-state index in [0.717, 1.165) is 0 Å². The van der Waals surface area contributed by atoms with Crippen LogP contribution in [0, 0.1) is 17.0 Å². The van der Waals surface area contributed by atoms with E-state index in [4.69, 9.17) is 16.3 Å². The van der Waals surface area contributed by atoms with Crippen LogP contribution < -0.4 is 21.7 Å². The van der Waals surface area contributed by atoms with E-state index in [2.05, 4.69) is 9.97 Å². The standard InChI is InChI=1S/C14H16N6O4/c1-7-11(13(21)19-16)12(18-14(15)17-7)8(2)24-10-6-4-3-5-9(10)20(22)23/h3-6,8H,16H2,1-2H3,(H,19,21)(H2,15,17,18). The summed E-state index contributed by atoms with van der Waals surface area (Å²) in [5.74, 6) is 4.57. The molecule has 0 fully saturated rings. The molecule has 1 heterocycles.